The zero-order valence-corrected chi connectivity index (χ0v) is 12.7. The lowest BCUT2D eigenvalue weighted by Gasteiger charge is -2.10. The Labute approximate surface area is 123 Å². The van der Waals surface area contributed by atoms with Gasteiger partial charge in [-0.15, -0.1) is 0 Å². The van der Waals surface area contributed by atoms with Gasteiger partial charge in [0.15, 0.2) is 0 Å². The van der Waals surface area contributed by atoms with E-state index in [2.05, 4.69) is 17.3 Å². The fourth-order valence-corrected chi connectivity index (χ4v) is 2.29. The van der Waals surface area contributed by atoms with E-state index in [4.69, 9.17) is 11.6 Å². The summed E-state index contributed by atoms with van der Waals surface area (Å²) in [6, 6.07) is 1.65. The Morgan fingerprint density at radius 2 is 2.25 bits per heavy atom. The summed E-state index contributed by atoms with van der Waals surface area (Å²) in [7, 11) is 1.79. The average molecular weight is 295 g/mol. The summed E-state index contributed by atoms with van der Waals surface area (Å²) in [5, 5.41) is 7.77. The summed E-state index contributed by atoms with van der Waals surface area (Å²) in [6.07, 6.45) is 5.58. The van der Waals surface area contributed by atoms with Crippen LogP contribution in [-0.4, -0.2) is 20.3 Å². The summed E-state index contributed by atoms with van der Waals surface area (Å²) in [6.45, 7) is 4.86. The Bertz CT molecular complexity index is 615. The van der Waals surface area contributed by atoms with E-state index in [9.17, 15) is 4.79 Å². The molecule has 0 aliphatic heterocycles. The van der Waals surface area contributed by atoms with Crippen LogP contribution in [0.3, 0.4) is 0 Å². The molecule has 5 nitrogen and oxygen atoms in total. The Hall–Kier alpha value is -1.75. The lowest BCUT2D eigenvalue weighted by Crippen LogP contribution is -2.18. The minimum absolute atomic E-state index is 0.180. The first-order valence-corrected chi connectivity index (χ1v) is 7.06. The third-order valence-electron chi connectivity index (χ3n) is 3.18. The molecule has 2 rings (SSSR count). The SMILES string of the molecule is CCCCn1ncc(C)c1NC(=O)c1cc(Cl)cn1C. The van der Waals surface area contributed by atoms with Gasteiger partial charge in [-0.05, 0) is 19.4 Å². The first-order valence-electron chi connectivity index (χ1n) is 6.68. The van der Waals surface area contributed by atoms with Gasteiger partial charge < -0.3 is 9.88 Å². The minimum atomic E-state index is -0.180. The van der Waals surface area contributed by atoms with Crippen molar-refractivity contribution in [1.82, 2.24) is 14.3 Å². The number of carbonyl (C=O) groups excluding carboxylic acids is 1. The number of aromatic nitrogens is 3. The molecule has 20 heavy (non-hydrogen) atoms. The van der Waals surface area contributed by atoms with Gasteiger partial charge in [-0.25, -0.2) is 4.68 Å². The van der Waals surface area contributed by atoms with E-state index in [0.717, 1.165) is 30.8 Å². The number of amides is 1. The van der Waals surface area contributed by atoms with Gasteiger partial charge in [0.05, 0.1) is 11.2 Å². The number of rotatable bonds is 5. The molecule has 108 valence electrons. The first-order chi connectivity index (χ1) is 9.52. The van der Waals surface area contributed by atoms with Gasteiger partial charge in [-0.2, -0.15) is 5.10 Å². The highest BCUT2D eigenvalue weighted by Gasteiger charge is 2.15. The largest absolute Gasteiger partial charge is 0.345 e. The zero-order valence-electron chi connectivity index (χ0n) is 12.0. The first kappa shape index (κ1) is 14.7. The molecule has 0 radical (unpaired) electrons. The Morgan fingerprint density at radius 3 is 2.85 bits per heavy atom. The summed E-state index contributed by atoms with van der Waals surface area (Å²) in [4.78, 5) is 12.3. The second kappa shape index (κ2) is 6.13. The van der Waals surface area contributed by atoms with Gasteiger partial charge in [0.1, 0.15) is 11.5 Å². The Balaban J connectivity index is 2.19. The van der Waals surface area contributed by atoms with E-state index < -0.39 is 0 Å². The summed E-state index contributed by atoms with van der Waals surface area (Å²) < 4.78 is 3.54. The van der Waals surface area contributed by atoms with Crippen molar-refractivity contribution in [3.8, 4) is 0 Å². The number of hydrogen-bond acceptors (Lipinski definition) is 2. The number of anilines is 1. The van der Waals surface area contributed by atoms with Crippen molar-refractivity contribution in [1.29, 1.82) is 0 Å². The van der Waals surface area contributed by atoms with Crippen LogP contribution in [0, 0.1) is 6.92 Å². The lowest BCUT2D eigenvalue weighted by molar-refractivity contribution is 0.101. The van der Waals surface area contributed by atoms with E-state index in [-0.39, 0.29) is 5.91 Å². The number of unbranched alkanes of at least 4 members (excludes halogenated alkanes) is 1. The summed E-state index contributed by atoms with van der Waals surface area (Å²) >= 11 is 5.90. The van der Waals surface area contributed by atoms with Crippen LogP contribution in [-0.2, 0) is 13.6 Å². The fraction of sp³-hybridized carbons (Fsp3) is 0.429. The third kappa shape index (κ3) is 3.04. The number of hydrogen-bond donors (Lipinski definition) is 1. The van der Waals surface area contributed by atoms with Crippen LogP contribution in [0.15, 0.2) is 18.5 Å². The number of carbonyl (C=O) groups is 1. The molecule has 0 saturated heterocycles. The monoisotopic (exact) mass is 294 g/mol. The average Bonchev–Trinajstić information content (AvgIpc) is 2.91. The Kier molecular flexibility index (Phi) is 4.49. The molecule has 0 aromatic carbocycles. The molecule has 0 aliphatic carbocycles. The maximum Gasteiger partial charge on any atom is 0.273 e. The van der Waals surface area contributed by atoms with E-state index in [1.165, 1.54) is 0 Å². The Morgan fingerprint density at radius 1 is 1.50 bits per heavy atom. The predicted molar refractivity (Wildman–Crippen MR) is 80.2 cm³/mol. The molecule has 0 fully saturated rings. The van der Waals surface area contributed by atoms with Crippen LogP contribution in [0.25, 0.3) is 0 Å². The van der Waals surface area contributed by atoms with Crippen LogP contribution < -0.4 is 5.32 Å². The third-order valence-corrected chi connectivity index (χ3v) is 3.39. The molecule has 0 bridgehead atoms. The van der Waals surface area contributed by atoms with Gasteiger partial charge in [-0.1, -0.05) is 24.9 Å². The van der Waals surface area contributed by atoms with Crippen molar-refractivity contribution in [2.75, 3.05) is 5.32 Å². The highest BCUT2D eigenvalue weighted by Crippen LogP contribution is 2.18. The normalized spacial score (nSPS) is 10.8. The molecule has 2 aromatic rings. The van der Waals surface area contributed by atoms with Crippen LogP contribution in [0.2, 0.25) is 5.02 Å². The molecular formula is C14H19ClN4O. The summed E-state index contributed by atoms with van der Waals surface area (Å²) in [5.41, 5.74) is 1.48. The van der Waals surface area contributed by atoms with Crippen molar-refractivity contribution in [2.45, 2.75) is 33.2 Å². The highest BCUT2D eigenvalue weighted by atomic mass is 35.5. The zero-order chi connectivity index (χ0) is 14.7. The standard InChI is InChI=1S/C14H19ClN4O/c1-4-5-6-19-13(10(2)8-16-19)17-14(20)12-7-11(15)9-18(12)3/h7-9H,4-6H2,1-3H3,(H,17,20). The van der Waals surface area contributed by atoms with Crippen LogP contribution in [0.1, 0.15) is 35.8 Å². The molecule has 2 heterocycles. The molecule has 1 N–H and O–H groups in total. The van der Waals surface area contributed by atoms with Crippen molar-refractivity contribution in [2.24, 2.45) is 7.05 Å². The maximum atomic E-state index is 12.3. The van der Waals surface area contributed by atoms with Crippen molar-refractivity contribution >= 4 is 23.3 Å². The smallest absolute Gasteiger partial charge is 0.273 e. The van der Waals surface area contributed by atoms with Crippen molar-refractivity contribution in [3.63, 3.8) is 0 Å². The number of nitrogens with zero attached hydrogens (tertiary/aromatic N) is 3. The van der Waals surface area contributed by atoms with Crippen molar-refractivity contribution < 1.29 is 4.79 Å². The number of aryl methyl sites for hydroxylation is 3. The molecule has 0 aliphatic rings. The van der Waals surface area contributed by atoms with Gasteiger partial charge in [0, 0.05) is 25.4 Å². The fourth-order valence-electron chi connectivity index (χ4n) is 2.04. The van der Waals surface area contributed by atoms with Gasteiger partial charge >= 0.3 is 0 Å². The second-order valence-corrected chi connectivity index (χ2v) is 5.30. The molecule has 1 amide bonds. The molecule has 6 heteroatoms. The van der Waals surface area contributed by atoms with Gasteiger partial charge in [0.25, 0.3) is 5.91 Å². The quantitative estimate of drug-likeness (QED) is 0.920. The number of nitrogens with one attached hydrogen (secondary N) is 1. The molecular weight excluding hydrogens is 276 g/mol. The van der Waals surface area contributed by atoms with Gasteiger partial charge in [0.2, 0.25) is 0 Å². The molecule has 0 spiro atoms. The van der Waals surface area contributed by atoms with E-state index in [0.29, 0.717) is 10.7 Å². The van der Waals surface area contributed by atoms with Crippen molar-refractivity contribution in [3.05, 3.63) is 34.7 Å². The maximum absolute atomic E-state index is 12.3. The van der Waals surface area contributed by atoms with Gasteiger partial charge in [-0.3, -0.25) is 4.79 Å². The summed E-state index contributed by atoms with van der Waals surface area (Å²) in [5.74, 6) is 0.571. The second-order valence-electron chi connectivity index (χ2n) is 4.86. The lowest BCUT2D eigenvalue weighted by atomic mass is 10.3. The van der Waals surface area contributed by atoms with Crippen LogP contribution in [0.4, 0.5) is 5.82 Å². The molecule has 0 saturated carbocycles. The predicted octanol–water partition coefficient (Wildman–Crippen LogP) is 3.24. The van der Waals surface area contributed by atoms with Crippen LogP contribution >= 0.6 is 11.6 Å². The van der Waals surface area contributed by atoms with E-state index >= 15 is 0 Å². The van der Waals surface area contributed by atoms with E-state index in [1.54, 1.807) is 30.1 Å². The van der Waals surface area contributed by atoms with Crippen LogP contribution in [0.5, 0.6) is 0 Å². The van der Waals surface area contributed by atoms with E-state index in [1.807, 2.05) is 11.6 Å². The molecule has 2 aromatic heterocycles. The topological polar surface area (TPSA) is 51.9 Å². The molecule has 0 unspecified atom stereocenters. The minimum Gasteiger partial charge on any atom is -0.345 e. The molecule has 0 atom stereocenters. The highest BCUT2D eigenvalue weighted by molar-refractivity contribution is 6.31. The number of halogens is 1.